The molecule has 0 radical (unpaired) electrons. The minimum atomic E-state index is -0.846. The summed E-state index contributed by atoms with van der Waals surface area (Å²) in [5, 5.41) is 7.31. The Morgan fingerprint density at radius 2 is 1.54 bits per heavy atom. The van der Waals surface area contributed by atoms with Crippen LogP contribution in [0, 0.1) is 5.82 Å². The first-order valence-electron chi connectivity index (χ1n) is 8.21. The standard InChI is InChI=1S/C19H18FN3O5/c1-12(24)22-13-6-8-14(9-7-13)23-17(25)11-28-18(26)10-21-19(27)15-4-2-3-5-16(15)20/h2-9H,10-11H2,1H3,(H,21,27)(H,22,24)(H,23,25). The van der Waals surface area contributed by atoms with E-state index in [9.17, 15) is 23.6 Å². The molecule has 0 saturated heterocycles. The van der Waals surface area contributed by atoms with Gasteiger partial charge < -0.3 is 20.7 Å². The van der Waals surface area contributed by atoms with Crippen LogP contribution in [-0.4, -0.2) is 36.8 Å². The summed E-state index contributed by atoms with van der Waals surface area (Å²) >= 11 is 0. The number of anilines is 2. The van der Waals surface area contributed by atoms with Crippen molar-refractivity contribution in [2.24, 2.45) is 0 Å². The summed E-state index contributed by atoms with van der Waals surface area (Å²) in [6.07, 6.45) is 0. The predicted molar refractivity (Wildman–Crippen MR) is 99.1 cm³/mol. The number of rotatable bonds is 7. The molecule has 0 unspecified atom stereocenters. The predicted octanol–water partition coefficient (Wildman–Crippen LogP) is 1.70. The number of halogens is 1. The van der Waals surface area contributed by atoms with E-state index in [2.05, 4.69) is 16.0 Å². The average Bonchev–Trinajstić information content (AvgIpc) is 2.66. The molecule has 0 spiro atoms. The van der Waals surface area contributed by atoms with Crippen LogP contribution >= 0.6 is 0 Å². The Bertz CT molecular complexity index is 883. The number of nitrogens with one attached hydrogen (secondary N) is 3. The molecule has 2 aromatic rings. The first-order chi connectivity index (χ1) is 13.3. The molecule has 0 heterocycles. The Morgan fingerprint density at radius 1 is 0.929 bits per heavy atom. The Labute approximate surface area is 160 Å². The molecule has 0 saturated carbocycles. The quantitative estimate of drug-likeness (QED) is 0.626. The Morgan fingerprint density at radius 3 is 2.14 bits per heavy atom. The van der Waals surface area contributed by atoms with E-state index in [1.807, 2.05) is 0 Å². The highest BCUT2D eigenvalue weighted by molar-refractivity contribution is 5.97. The summed E-state index contributed by atoms with van der Waals surface area (Å²) in [4.78, 5) is 46.1. The zero-order chi connectivity index (χ0) is 20.5. The van der Waals surface area contributed by atoms with Gasteiger partial charge in [0.2, 0.25) is 5.91 Å². The number of hydrogen-bond donors (Lipinski definition) is 3. The second-order valence-corrected chi connectivity index (χ2v) is 5.63. The van der Waals surface area contributed by atoms with E-state index in [4.69, 9.17) is 4.74 Å². The maximum Gasteiger partial charge on any atom is 0.325 e. The molecule has 0 aliphatic rings. The first-order valence-corrected chi connectivity index (χ1v) is 8.21. The fraction of sp³-hybridized carbons (Fsp3) is 0.158. The molecule has 0 aromatic heterocycles. The van der Waals surface area contributed by atoms with Crippen molar-refractivity contribution in [2.45, 2.75) is 6.92 Å². The third-order valence-electron chi connectivity index (χ3n) is 3.37. The van der Waals surface area contributed by atoms with Gasteiger partial charge in [-0.1, -0.05) is 12.1 Å². The number of esters is 1. The topological polar surface area (TPSA) is 114 Å². The highest BCUT2D eigenvalue weighted by Gasteiger charge is 2.13. The van der Waals surface area contributed by atoms with Crippen LogP contribution in [0.4, 0.5) is 15.8 Å². The second-order valence-electron chi connectivity index (χ2n) is 5.63. The van der Waals surface area contributed by atoms with Gasteiger partial charge in [0.05, 0.1) is 5.56 Å². The lowest BCUT2D eigenvalue weighted by Gasteiger charge is -2.08. The van der Waals surface area contributed by atoms with Crippen LogP contribution in [0.2, 0.25) is 0 Å². The molecular weight excluding hydrogens is 369 g/mol. The summed E-state index contributed by atoms with van der Waals surface area (Å²) in [5.74, 6) is -3.12. The van der Waals surface area contributed by atoms with Gasteiger partial charge in [0.1, 0.15) is 12.4 Å². The number of amides is 3. The maximum absolute atomic E-state index is 13.5. The number of carbonyl (C=O) groups is 4. The monoisotopic (exact) mass is 387 g/mol. The van der Waals surface area contributed by atoms with Gasteiger partial charge in [-0.3, -0.25) is 19.2 Å². The van der Waals surface area contributed by atoms with Crippen molar-refractivity contribution < 1.29 is 28.3 Å². The van der Waals surface area contributed by atoms with E-state index in [0.29, 0.717) is 11.4 Å². The maximum atomic E-state index is 13.5. The van der Waals surface area contributed by atoms with E-state index in [0.717, 1.165) is 6.07 Å². The van der Waals surface area contributed by atoms with Crippen LogP contribution in [0.15, 0.2) is 48.5 Å². The van der Waals surface area contributed by atoms with Gasteiger partial charge in [0, 0.05) is 18.3 Å². The number of ether oxygens (including phenoxy) is 1. The lowest BCUT2D eigenvalue weighted by molar-refractivity contribution is -0.146. The molecule has 2 aromatic carbocycles. The van der Waals surface area contributed by atoms with Crippen LogP contribution in [0.3, 0.4) is 0 Å². The van der Waals surface area contributed by atoms with Crippen molar-refractivity contribution in [1.82, 2.24) is 5.32 Å². The van der Waals surface area contributed by atoms with Gasteiger partial charge in [-0.05, 0) is 36.4 Å². The first kappa shape index (κ1) is 20.6. The summed E-state index contributed by atoms with van der Waals surface area (Å²) in [6, 6.07) is 11.7. The van der Waals surface area contributed by atoms with Crippen LogP contribution in [0.1, 0.15) is 17.3 Å². The highest BCUT2D eigenvalue weighted by atomic mass is 19.1. The van der Waals surface area contributed by atoms with Crippen molar-refractivity contribution in [3.05, 3.63) is 59.9 Å². The molecule has 3 N–H and O–H groups in total. The Kier molecular flexibility index (Phi) is 7.21. The largest absolute Gasteiger partial charge is 0.454 e. The summed E-state index contributed by atoms with van der Waals surface area (Å²) < 4.78 is 18.2. The molecule has 0 bridgehead atoms. The molecule has 0 atom stereocenters. The molecule has 0 aliphatic carbocycles. The van der Waals surface area contributed by atoms with Crippen molar-refractivity contribution in [1.29, 1.82) is 0 Å². The zero-order valence-electron chi connectivity index (χ0n) is 15.0. The molecular formula is C19H18FN3O5. The molecule has 8 nitrogen and oxygen atoms in total. The molecule has 28 heavy (non-hydrogen) atoms. The molecule has 3 amide bonds. The van der Waals surface area contributed by atoms with Crippen LogP contribution in [0.25, 0.3) is 0 Å². The van der Waals surface area contributed by atoms with E-state index < -0.39 is 36.8 Å². The van der Waals surface area contributed by atoms with E-state index >= 15 is 0 Å². The van der Waals surface area contributed by atoms with Gasteiger partial charge >= 0.3 is 5.97 Å². The smallest absolute Gasteiger partial charge is 0.325 e. The second kappa shape index (κ2) is 9.81. The third-order valence-corrected chi connectivity index (χ3v) is 3.37. The van der Waals surface area contributed by atoms with E-state index in [1.165, 1.54) is 25.1 Å². The minimum Gasteiger partial charge on any atom is -0.454 e. The van der Waals surface area contributed by atoms with Gasteiger partial charge in [-0.15, -0.1) is 0 Å². The zero-order valence-corrected chi connectivity index (χ0v) is 15.0. The molecule has 146 valence electrons. The van der Waals surface area contributed by atoms with Gasteiger partial charge in [0.15, 0.2) is 6.61 Å². The van der Waals surface area contributed by atoms with Crippen molar-refractivity contribution in [2.75, 3.05) is 23.8 Å². The van der Waals surface area contributed by atoms with Crippen molar-refractivity contribution in [3.63, 3.8) is 0 Å². The number of hydrogen-bond acceptors (Lipinski definition) is 5. The minimum absolute atomic E-state index is 0.198. The van der Waals surface area contributed by atoms with E-state index in [1.54, 1.807) is 24.3 Å². The van der Waals surface area contributed by atoms with Crippen molar-refractivity contribution >= 4 is 35.1 Å². The number of carbonyl (C=O) groups excluding carboxylic acids is 4. The van der Waals surface area contributed by atoms with Crippen molar-refractivity contribution in [3.8, 4) is 0 Å². The highest BCUT2D eigenvalue weighted by Crippen LogP contribution is 2.13. The third kappa shape index (κ3) is 6.52. The normalized spacial score (nSPS) is 9.93. The van der Waals surface area contributed by atoms with Gasteiger partial charge in [0.25, 0.3) is 11.8 Å². The summed E-state index contributed by atoms with van der Waals surface area (Å²) in [7, 11) is 0. The van der Waals surface area contributed by atoms with Gasteiger partial charge in [-0.2, -0.15) is 0 Å². The Balaban J connectivity index is 1.73. The lowest BCUT2D eigenvalue weighted by Crippen LogP contribution is -2.32. The molecule has 9 heteroatoms. The summed E-state index contributed by atoms with van der Waals surface area (Å²) in [6.45, 7) is 0.316. The van der Waals surface area contributed by atoms with Gasteiger partial charge in [-0.25, -0.2) is 4.39 Å². The van der Waals surface area contributed by atoms with Crippen LogP contribution < -0.4 is 16.0 Å². The fourth-order valence-corrected chi connectivity index (χ4v) is 2.13. The SMILES string of the molecule is CC(=O)Nc1ccc(NC(=O)COC(=O)CNC(=O)c2ccccc2F)cc1. The van der Waals surface area contributed by atoms with Crippen LogP contribution in [0.5, 0.6) is 0 Å². The molecule has 0 aliphatic heterocycles. The lowest BCUT2D eigenvalue weighted by atomic mass is 10.2. The van der Waals surface area contributed by atoms with E-state index in [-0.39, 0.29) is 11.5 Å². The summed E-state index contributed by atoms with van der Waals surface area (Å²) in [5.41, 5.74) is 0.821. The average molecular weight is 387 g/mol. The molecule has 2 rings (SSSR count). The Hall–Kier alpha value is -3.75. The molecule has 0 fully saturated rings. The van der Waals surface area contributed by atoms with Crippen LogP contribution in [-0.2, 0) is 19.1 Å². The number of benzene rings is 2. The fourth-order valence-electron chi connectivity index (χ4n) is 2.13.